The van der Waals surface area contributed by atoms with E-state index in [0.717, 1.165) is 52.7 Å². The van der Waals surface area contributed by atoms with Crippen LogP contribution in [0.15, 0.2) is 48.5 Å². The average Bonchev–Trinajstić information content (AvgIpc) is 4.21. The zero-order chi connectivity index (χ0) is 52.2. The highest BCUT2D eigenvalue weighted by Gasteiger charge is 2.42. The van der Waals surface area contributed by atoms with E-state index in [1.165, 1.54) is 26.3 Å². The molecule has 392 valence electrons. The molecule has 3 aromatic carbocycles. The number of hydrogen-bond acceptors (Lipinski definition) is 9. The van der Waals surface area contributed by atoms with Gasteiger partial charge in [-0.15, -0.1) is 0 Å². The highest BCUT2D eigenvalue weighted by Crippen LogP contribution is 2.49. The molecule has 73 heavy (non-hydrogen) atoms. The maximum absolute atomic E-state index is 16.7. The third kappa shape index (κ3) is 10.0. The Morgan fingerprint density at radius 2 is 1.23 bits per heavy atom. The van der Waals surface area contributed by atoms with Crippen LogP contribution in [0.5, 0.6) is 0 Å². The smallest absolute Gasteiger partial charge is 0.407 e. The van der Waals surface area contributed by atoms with Crippen LogP contribution in [0.1, 0.15) is 147 Å². The van der Waals surface area contributed by atoms with E-state index >= 15 is 8.78 Å². The Kier molecular flexibility index (Phi) is 14.4. The van der Waals surface area contributed by atoms with Crippen molar-refractivity contribution < 1.29 is 37.8 Å². The van der Waals surface area contributed by atoms with Crippen LogP contribution in [0.3, 0.4) is 0 Å². The van der Waals surface area contributed by atoms with E-state index in [-0.39, 0.29) is 58.9 Å². The van der Waals surface area contributed by atoms with Crippen molar-refractivity contribution in [2.24, 2.45) is 23.2 Å². The molecule has 18 heteroatoms. The van der Waals surface area contributed by atoms with Crippen molar-refractivity contribution in [3.05, 3.63) is 82.9 Å². The number of likely N-dealkylation sites (N-methyl/N-ethyl adjacent to an activating group) is 1. The number of fused-ring (bicyclic) bond motifs is 2. The molecular formula is C55H72F2N10O6. The van der Waals surface area contributed by atoms with Crippen LogP contribution in [0.4, 0.5) is 29.7 Å². The average molecular weight is 1010 g/mol. The van der Waals surface area contributed by atoms with Crippen molar-refractivity contribution in [3.8, 4) is 0 Å². The van der Waals surface area contributed by atoms with Gasteiger partial charge in [-0.3, -0.25) is 14.5 Å². The number of amides is 4. The number of hydrogen-bond donors (Lipinski definition) is 4. The van der Waals surface area contributed by atoms with Gasteiger partial charge in [0.2, 0.25) is 11.8 Å². The van der Waals surface area contributed by atoms with E-state index in [9.17, 15) is 24.3 Å². The number of nitrogens with zero attached hydrogens (tertiary/aromatic N) is 7. The molecule has 5 aromatic rings. The standard InChI is InChI=1S/C55H72F2N10O6/c1-30(2)46(62-53(70)73-9)51(68)65-22-10-12-44(65)49-58-38-16-14-32(26-40(38)60-49)42-18-19-43(67(42)35-28-36(56)48(37(57)29-35)64-24-20-34(21-25-64)55(5,6)7)33-15-17-39-41(27-33)61-50(59-39)45-13-11-23-66(45)52(69)47(31(3)4)63(8)54(71)72/h14-17,26-31,34,42-47H,10-13,18-25H2,1-9H3,(H,58,60)(H,59,61)(H,62,70)(H,71,72)/t42-,43-,44+,45+,46+,47+/m1/s1. The van der Waals surface area contributed by atoms with Crippen molar-refractivity contribution in [2.75, 3.05) is 50.1 Å². The molecule has 9 rings (SSSR count). The predicted molar refractivity (Wildman–Crippen MR) is 276 cm³/mol. The van der Waals surface area contributed by atoms with Crippen molar-refractivity contribution in [1.29, 1.82) is 0 Å². The number of anilines is 2. The molecule has 6 atom stereocenters. The van der Waals surface area contributed by atoms with E-state index in [1.807, 2.05) is 69.0 Å². The number of carbonyl (C=O) groups is 4. The molecule has 16 nitrogen and oxygen atoms in total. The Bertz CT molecular complexity index is 2850. The molecule has 0 spiro atoms. The van der Waals surface area contributed by atoms with Crippen LogP contribution in [-0.2, 0) is 14.3 Å². The third-order valence-corrected chi connectivity index (χ3v) is 16.2. The first-order chi connectivity index (χ1) is 34.7. The summed E-state index contributed by atoms with van der Waals surface area (Å²) in [4.78, 5) is 77.9. The number of piperidine rings is 1. The monoisotopic (exact) mass is 1010 g/mol. The van der Waals surface area contributed by atoms with Gasteiger partial charge in [0, 0.05) is 38.9 Å². The van der Waals surface area contributed by atoms with Crippen LogP contribution in [0.2, 0.25) is 0 Å². The van der Waals surface area contributed by atoms with Gasteiger partial charge in [-0.05, 0) is 122 Å². The Morgan fingerprint density at radius 1 is 0.726 bits per heavy atom. The second-order valence-corrected chi connectivity index (χ2v) is 22.5. The highest BCUT2D eigenvalue weighted by atomic mass is 19.1. The summed E-state index contributed by atoms with van der Waals surface area (Å²) in [6.07, 6.45) is 4.10. The fraction of sp³-hybridized carbons (Fsp3) is 0.564. The molecule has 4 N–H and O–H groups in total. The number of aromatic amines is 2. The summed E-state index contributed by atoms with van der Waals surface area (Å²) in [5.74, 6) is -0.332. The number of methoxy groups -OCH3 is 1. The van der Waals surface area contributed by atoms with Gasteiger partial charge in [0.05, 0.1) is 53.3 Å². The lowest BCUT2D eigenvalue weighted by molar-refractivity contribution is -0.138. The molecule has 0 unspecified atom stereocenters. The SMILES string of the molecule is COC(=O)N[C@H](C(=O)N1CCC[C@H]1c1nc2cc([C@H]3CC[C@H](c4ccc5[nH]c([C@@H]6CCCN6C(=O)[C@H](C(C)C)N(C)C(=O)O)nc5c4)N3c3cc(F)c(N4CCC(C(C)(C)C)CC4)c(F)c3)ccc2[nH]1)C(C)C. The molecule has 0 aliphatic carbocycles. The molecule has 4 aliphatic heterocycles. The zero-order valence-corrected chi connectivity index (χ0v) is 43.7. The second kappa shape index (κ2) is 20.5. The van der Waals surface area contributed by atoms with Gasteiger partial charge < -0.3 is 44.7 Å². The Balaban J connectivity index is 1.04. The minimum absolute atomic E-state index is 0.00772. The number of imidazole rings is 2. The number of H-pyrrole nitrogens is 2. The quantitative estimate of drug-likeness (QED) is 0.0938. The summed E-state index contributed by atoms with van der Waals surface area (Å²) in [6, 6.07) is 12.1. The third-order valence-electron chi connectivity index (χ3n) is 16.2. The normalized spacial score (nSPS) is 21.8. The van der Waals surface area contributed by atoms with Crippen LogP contribution in [0.25, 0.3) is 22.1 Å². The highest BCUT2D eigenvalue weighted by molar-refractivity contribution is 5.87. The summed E-state index contributed by atoms with van der Waals surface area (Å²) in [5.41, 5.74) is 5.34. The summed E-state index contributed by atoms with van der Waals surface area (Å²) in [7, 11) is 2.71. The lowest BCUT2D eigenvalue weighted by atomic mass is 9.75. The topological polar surface area (TPSA) is 183 Å². The first-order valence-electron chi connectivity index (χ1n) is 26.2. The van der Waals surface area contributed by atoms with E-state index in [4.69, 9.17) is 14.7 Å². The number of benzene rings is 3. The van der Waals surface area contributed by atoms with Gasteiger partial charge in [0.15, 0.2) is 11.6 Å². The van der Waals surface area contributed by atoms with Gasteiger partial charge in [-0.25, -0.2) is 28.3 Å². The van der Waals surface area contributed by atoms with Gasteiger partial charge in [-0.2, -0.15) is 0 Å². The van der Waals surface area contributed by atoms with Crippen LogP contribution in [0, 0.1) is 34.8 Å². The van der Waals surface area contributed by atoms with Crippen LogP contribution >= 0.6 is 0 Å². The lowest BCUT2D eigenvalue weighted by Gasteiger charge is -2.40. The summed E-state index contributed by atoms with van der Waals surface area (Å²) in [6.45, 7) is 16.3. The second-order valence-electron chi connectivity index (χ2n) is 22.5. The van der Waals surface area contributed by atoms with Crippen LogP contribution < -0.4 is 15.1 Å². The molecular weight excluding hydrogens is 935 g/mol. The molecule has 2 aromatic heterocycles. The fourth-order valence-electron chi connectivity index (χ4n) is 12.3. The van der Waals surface area contributed by atoms with Crippen molar-refractivity contribution >= 4 is 57.4 Å². The predicted octanol–water partition coefficient (Wildman–Crippen LogP) is 10.4. The number of carbonyl (C=O) groups excluding carboxylic acids is 3. The summed E-state index contributed by atoms with van der Waals surface area (Å²) < 4.78 is 38.3. The number of ether oxygens (including phenoxy) is 1. The Labute approximate surface area is 426 Å². The molecule has 0 bridgehead atoms. The number of rotatable bonds is 12. The number of likely N-dealkylation sites (tertiary alicyclic amines) is 2. The van der Waals surface area contributed by atoms with Crippen LogP contribution in [-0.4, -0.2) is 116 Å². The molecule has 0 saturated carbocycles. The zero-order valence-electron chi connectivity index (χ0n) is 43.7. The molecule has 4 saturated heterocycles. The largest absolute Gasteiger partial charge is 0.465 e. The number of aromatic nitrogens is 4. The molecule has 0 radical (unpaired) electrons. The lowest BCUT2D eigenvalue weighted by Crippen LogP contribution is -2.51. The molecule has 4 fully saturated rings. The first-order valence-corrected chi connectivity index (χ1v) is 26.2. The minimum Gasteiger partial charge on any atom is -0.465 e. The molecule has 4 amide bonds. The molecule has 6 heterocycles. The van der Waals surface area contributed by atoms with Crippen molar-refractivity contribution in [1.82, 2.24) is 40.0 Å². The van der Waals surface area contributed by atoms with Gasteiger partial charge in [0.25, 0.3) is 0 Å². The van der Waals surface area contributed by atoms with Gasteiger partial charge >= 0.3 is 12.2 Å². The number of halogens is 2. The minimum atomic E-state index is -1.16. The van der Waals surface area contributed by atoms with Gasteiger partial charge in [-0.1, -0.05) is 60.6 Å². The number of carboxylic acid groups (broad SMARTS) is 1. The molecule has 4 aliphatic rings. The fourth-order valence-corrected chi connectivity index (χ4v) is 12.3. The maximum Gasteiger partial charge on any atom is 0.407 e. The van der Waals surface area contributed by atoms with Crippen molar-refractivity contribution in [2.45, 2.75) is 136 Å². The van der Waals surface area contributed by atoms with E-state index < -0.39 is 35.9 Å². The Hall–Kier alpha value is -6.46. The first kappa shape index (κ1) is 51.4. The summed E-state index contributed by atoms with van der Waals surface area (Å²) >= 11 is 0. The Morgan fingerprint density at radius 3 is 1.68 bits per heavy atom. The summed E-state index contributed by atoms with van der Waals surface area (Å²) in [5, 5.41) is 12.5. The van der Waals surface area contributed by atoms with E-state index in [1.54, 1.807) is 9.80 Å². The maximum atomic E-state index is 16.7. The van der Waals surface area contributed by atoms with Gasteiger partial charge in [0.1, 0.15) is 29.4 Å². The number of alkyl carbamates (subject to hydrolysis) is 1. The van der Waals surface area contributed by atoms with Crippen molar-refractivity contribution in [3.63, 3.8) is 0 Å². The van der Waals surface area contributed by atoms with E-state index in [0.29, 0.717) is 86.1 Å². The van der Waals surface area contributed by atoms with E-state index in [2.05, 4.69) is 41.0 Å². The number of nitrogens with one attached hydrogen (secondary N) is 3.